The molecular formula is C15H21N3O. The highest BCUT2D eigenvalue weighted by Crippen LogP contribution is 2.27. The van der Waals surface area contributed by atoms with E-state index in [9.17, 15) is 0 Å². The minimum Gasteiger partial charge on any atom is -0.494 e. The first-order valence-corrected chi connectivity index (χ1v) is 6.66. The normalized spacial score (nSPS) is 18.3. The zero-order chi connectivity index (χ0) is 13.7. The van der Waals surface area contributed by atoms with Gasteiger partial charge in [0.05, 0.1) is 19.2 Å². The summed E-state index contributed by atoms with van der Waals surface area (Å²) in [6.45, 7) is 8.01. The Hall–Kier alpha value is -1.97. The number of nitrogens with zero attached hydrogens (tertiary/aromatic N) is 2. The van der Waals surface area contributed by atoms with Crippen LogP contribution in [0.3, 0.4) is 0 Å². The second kappa shape index (κ2) is 6.27. The predicted molar refractivity (Wildman–Crippen MR) is 78.4 cm³/mol. The van der Waals surface area contributed by atoms with Gasteiger partial charge in [-0.1, -0.05) is 25.1 Å². The summed E-state index contributed by atoms with van der Waals surface area (Å²) < 4.78 is 5.67. The summed E-state index contributed by atoms with van der Waals surface area (Å²) in [5.74, 6) is 1.49. The average Bonchev–Trinajstić information content (AvgIpc) is 2.79. The van der Waals surface area contributed by atoms with E-state index in [1.54, 1.807) is 0 Å². The Morgan fingerprint density at radius 2 is 2.42 bits per heavy atom. The zero-order valence-corrected chi connectivity index (χ0v) is 11.4. The molecule has 102 valence electrons. The fourth-order valence-electron chi connectivity index (χ4n) is 2.21. The van der Waals surface area contributed by atoms with Crippen LogP contribution in [0.25, 0.3) is 0 Å². The van der Waals surface area contributed by atoms with Crippen LogP contribution in [0.5, 0.6) is 5.75 Å². The third-order valence-electron chi connectivity index (χ3n) is 3.14. The largest absolute Gasteiger partial charge is 0.494 e. The second-order valence-corrected chi connectivity index (χ2v) is 4.58. The lowest BCUT2D eigenvalue weighted by molar-refractivity contribution is 0.315. The molecule has 1 heterocycles. The third kappa shape index (κ3) is 3.08. The molecule has 1 aliphatic heterocycles. The van der Waals surface area contributed by atoms with Crippen molar-refractivity contribution in [1.82, 2.24) is 4.90 Å². The Labute approximate surface area is 114 Å². The molecule has 0 aliphatic carbocycles. The Morgan fingerprint density at radius 1 is 1.58 bits per heavy atom. The summed E-state index contributed by atoms with van der Waals surface area (Å²) in [7, 11) is 0. The number of aliphatic imine (C=N–C) groups is 1. The van der Waals surface area contributed by atoms with Crippen LogP contribution >= 0.6 is 0 Å². The molecule has 0 saturated heterocycles. The van der Waals surface area contributed by atoms with Crippen LogP contribution in [0.2, 0.25) is 0 Å². The van der Waals surface area contributed by atoms with Crippen molar-refractivity contribution in [2.24, 2.45) is 10.7 Å². The molecule has 0 radical (unpaired) electrons. The number of hydrogen-bond donors (Lipinski definition) is 1. The molecule has 0 bridgehead atoms. The van der Waals surface area contributed by atoms with Crippen molar-refractivity contribution in [1.29, 1.82) is 0 Å². The van der Waals surface area contributed by atoms with E-state index < -0.39 is 0 Å². The molecule has 19 heavy (non-hydrogen) atoms. The quantitative estimate of drug-likeness (QED) is 0.798. The van der Waals surface area contributed by atoms with Crippen molar-refractivity contribution in [2.45, 2.75) is 19.4 Å². The van der Waals surface area contributed by atoms with E-state index in [0.717, 1.165) is 18.8 Å². The highest BCUT2D eigenvalue weighted by molar-refractivity contribution is 5.80. The summed E-state index contributed by atoms with van der Waals surface area (Å²) in [4.78, 5) is 6.38. The van der Waals surface area contributed by atoms with Gasteiger partial charge in [0.15, 0.2) is 5.96 Å². The fourth-order valence-corrected chi connectivity index (χ4v) is 2.21. The average molecular weight is 259 g/mol. The Balaban J connectivity index is 2.15. The van der Waals surface area contributed by atoms with E-state index in [1.165, 1.54) is 5.56 Å². The lowest BCUT2D eigenvalue weighted by atomic mass is 10.1. The summed E-state index contributed by atoms with van der Waals surface area (Å²) in [6, 6.07) is 8.35. The lowest BCUT2D eigenvalue weighted by Gasteiger charge is -2.25. The highest BCUT2D eigenvalue weighted by atomic mass is 16.5. The molecule has 1 unspecified atom stereocenters. The maximum atomic E-state index is 5.91. The second-order valence-electron chi connectivity index (χ2n) is 4.58. The first-order valence-electron chi connectivity index (χ1n) is 6.66. The third-order valence-corrected chi connectivity index (χ3v) is 3.14. The minimum atomic E-state index is 0.183. The Bertz CT molecular complexity index is 470. The first kappa shape index (κ1) is 13.5. The number of benzene rings is 1. The van der Waals surface area contributed by atoms with Crippen molar-refractivity contribution in [3.8, 4) is 5.75 Å². The summed E-state index contributed by atoms with van der Waals surface area (Å²) in [6.07, 6.45) is 2.85. The molecule has 0 spiro atoms. The molecule has 2 rings (SSSR count). The van der Waals surface area contributed by atoms with Crippen LogP contribution in [0, 0.1) is 0 Å². The molecule has 0 aromatic heterocycles. The van der Waals surface area contributed by atoms with Crippen LogP contribution in [0.15, 0.2) is 41.9 Å². The minimum absolute atomic E-state index is 0.183. The van der Waals surface area contributed by atoms with Crippen LogP contribution in [0.1, 0.15) is 24.9 Å². The smallest absolute Gasteiger partial charge is 0.192 e. The zero-order valence-electron chi connectivity index (χ0n) is 11.4. The topological polar surface area (TPSA) is 50.8 Å². The van der Waals surface area contributed by atoms with Crippen LogP contribution in [-0.4, -0.2) is 30.6 Å². The number of hydrogen-bond acceptors (Lipinski definition) is 4. The van der Waals surface area contributed by atoms with Gasteiger partial charge < -0.3 is 15.4 Å². The molecule has 0 fully saturated rings. The summed E-state index contributed by atoms with van der Waals surface area (Å²) in [5.41, 5.74) is 7.09. The molecule has 1 atom stereocenters. The predicted octanol–water partition coefficient (Wildman–Crippen LogP) is 2.33. The van der Waals surface area contributed by atoms with Gasteiger partial charge in [-0.3, -0.25) is 4.99 Å². The van der Waals surface area contributed by atoms with Gasteiger partial charge in [0.2, 0.25) is 0 Å². The Kier molecular flexibility index (Phi) is 4.44. The summed E-state index contributed by atoms with van der Waals surface area (Å²) >= 11 is 0. The van der Waals surface area contributed by atoms with Crippen LogP contribution in [0.4, 0.5) is 0 Å². The van der Waals surface area contributed by atoms with Gasteiger partial charge in [-0.2, -0.15) is 0 Å². The SMILES string of the molecule is C=CCN1C(N)=NCC1c1cccc(OCCC)c1. The van der Waals surface area contributed by atoms with E-state index in [0.29, 0.717) is 19.0 Å². The van der Waals surface area contributed by atoms with E-state index in [-0.39, 0.29) is 6.04 Å². The van der Waals surface area contributed by atoms with Gasteiger partial charge in [-0.05, 0) is 24.1 Å². The maximum Gasteiger partial charge on any atom is 0.192 e. The number of ether oxygens (including phenoxy) is 1. The maximum absolute atomic E-state index is 5.91. The van der Waals surface area contributed by atoms with Crippen molar-refractivity contribution in [3.05, 3.63) is 42.5 Å². The monoisotopic (exact) mass is 259 g/mol. The first-order chi connectivity index (χ1) is 9.26. The summed E-state index contributed by atoms with van der Waals surface area (Å²) in [5, 5.41) is 0. The Morgan fingerprint density at radius 3 is 3.16 bits per heavy atom. The van der Waals surface area contributed by atoms with Gasteiger partial charge in [0.25, 0.3) is 0 Å². The molecule has 4 heteroatoms. The van der Waals surface area contributed by atoms with E-state index >= 15 is 0 Å². The van der Waals surface area contributed by atoms with Crippen LogP contribution < -0.4 is 10.5 Å². The molecule has 2 N–H and O–H groups in total. The van der Waals surface area contributed by atoms with Crippen molar-refractivity contribution in [2.75, 3.05) is 19.7 Å². The molecule has 0 amide bonds. The number of nitrogens with two attached hydrogens (primary N) is 1. The molecule has 0 saturated carbocycles. The molecule has 1 aromatic rings. The molecule has 1 aliphatic rings. The highest BCUT2D eigenvalue weighted by Gasteiger charge is 2.26. The molecular weight excluding hydrogens is 238 g/mol. The van der Waals surface area contributed by atoms with Gasteiger partial charge in [0, 0.05) is 6.54 Å². The standard InChI is InChI=1S/C15H21N3O/c1-3-8-18-14(11-17-15(18)16)12-6-5-7-13(10-12)19-9-4-2/h3,5-7,10,14H,1,4,8-9,11H2,2H3,(H2,16,17). The van der Waals surface area contributed by atoms with Crippen molar-refractivity contribution >= 4 is 5.96 Å². The molecule has 4 nitrogen and oxygen atoms in total. The lowest BCUT2D eigenvalue weighted by Crippen LogP contribution is -2.36. The number of guanidine groups is 1. The van der Waals surface area contributed by atoms with Gasteiger partial charge in [-0.25, -0.2) is 0 Å². The van der Waals surface area contributed by atoms with Crippen LogP contribution in [-0.2, 0) is 0 Å². The van der Waals surface area contributed by atoms with E-state index in [4.69, 9.17) is 10.5 Å². The molecule has 1 aromatic carbocycles. The van der Waals surface area contributed by atoms with E-state index in [2.05, 4.69) is 35.5 Å². The van der Waals surface area contributed by atoms with Crippen molar-refractivity contribution in [3.63, 3.8) is 0 Å². The van der Waals surface area contributed by atoms with Crippen molar-refractivity contribution < 1.29 is 4.74 Å². The van der Waals surface area contributed by atoms with Gasteiger partial charge in [-0.15, -0.1) is 6.58 Å². The number of rotatable bonds is 6. The fraction of sp³-hybridized carbons (Fsp3) is 0.400. The van der Waals surface area contributed by atoms with Gasteiger partial charge >= 0.3 is 0 Å². The van der Waals surface area contributed by atoms with Gasteiger partial charge in [0.1, 0.15) is 5.75 Å². The van der Waals surface area contributed by atoms with E-state index in [1.807, 2.05) is 18.2 Å².